The van der Waals surface area contributed by atoms with E-state index in [4.69, 9.17) is 18.1 Å². The Hall–Kier alpha value is -1.46. The van der Waals surface area contributed by atoms with Crippen LogP contribution in [0.1, 0.15) is 15.9 Å². The van der Waals surface area contributed by atoms with Gasteiger partial charge in [0.05, 0.1) is 12.7 Å². The van der Waals surface area contributed by atoms with E-state index in [-0.39, 0.29) is 0 Å². The van der Waals surface area contributed by atoms with Crippen LogP contribution < -0.4 is 11.3 Å². The summed E-state index contributed by atoms with van der Waals surface area (Å²) in [6, 6.07) is 6.74. The van der Waals surface area contributed by atoms with E-state index in [1.165, 1.54) is 7.11 Å². The lowest BCUT2D eigenvalue weighted by atomic mass is 10.1. The van der Waals surface area contributed by atoms with Crippen molar-refractivity contribution in [3.63, 3.8) is 0 Å². The second kappa shape index (κ2) is 4.69. The van der Waals surface area contributed by atoms with Gasteiger partial charge >= 0.3 is 5.97 Å². The molecule has 0 saturated heterocycles. The van der Waals surface area contributed by atoms with Gasteiger partial charge < -0.3 is 10.2 Å². The summed E-state index contributed by atoms with van der Waals surface area (Å²) in [6.45, 7) is 0. The van der Waals surface area contributed by atoms with E-state index < -0.39 is 5.97 Å². The molecule has 0 radical (unpaired) electrons. The minimum atomic E-state index is -0.397. The van der Waals surface area contributed by atoms with Crippen LogP contribution in [0.15, 0.2) is 24.3 Å². The highest BCUT2D eigenvalue weighted by Crippen LogP contribution is 2.06. The Morgan fingerprint density at radius 1 is 1.50 bits per heavy atom. The van der Waals surface area contributed by atoms with Crippen LogP contribution in [0.25, 0.3) is 0 Å². The molecule has 0 amide bonds. The third-order valence-electron chi connectivity index (χ3n) is 1.68. The number of ether oxygens (including phenoxy) is 1. The Bertz CT molecular complexity index is 334. The van der Waals surface area contributed by atoms with Crippen molar-refractivity contribution < 1.29 is 9.53 Å². The molecule has 5 heteroatoms. The first-order chi connectivity index (χ1) is 6.69. The van der Waals surface area contributed by atoms with E-state index in [2.05, 4.69) is 10.2 Å². The van der Waals surface area contributed by atoms with Gasteiger partial charge in [-0.25, -0.2) is 10.6 Å². The Balaban J connectivity index is 3.01. The molecule has 0 atom stereocenters. The highest BCUT2D eigenvalue weighted by molar-refractivity contribution is 7.80. The fourth-order valence-electron chi connectivity index (χ4n) is 0.989. The molecular weight excluding hydrogens is 200 g/mol. The molecule has 1 aromatic rings. The molecule has 0 heterocycles. The number of nitrogens with two attached hydrogens (primary N) is 1. The van der Waals surface area contributed by atoms with Crippen molar-refractivity contribution in [2.75, 3.05) is 7.11 Å². The molecule has 3 N–H and O–H groups in total. The van der Waals surface area contributed by atoms with E-state index in [9.17, 15) is 4.79 Å². The molecule has 0 bridgehead atoms. The van der Waals surface area contributed by atoms with Crippen molar-refractivity contribution in [2.24, 2.45) is 5.84 Å². The Kier molecular flexibility index (Phi) is 3.55. The predicted octanol–water partition coefficient (Wildman–Crippen LogP) is 0.612. The van der Waals surface area contributed by atoms with Gasteiger partial charge in [0, 0.05) is 5.56 Å². The number of hydrogen-bond donors (Lipinski definition) is 2. The number of thiocarbonyl (C=S) groups is 1. The fraction of sp³-hybridized carbons (Fsp3) is 0.111. The van der Waals surface area contributed by atoms with Crippen LogP contribution in [0.4, 0.5) is 0 Å². The smallest absolute Gasteiger partial charge is 0.337 e. The van der Waals surface area contributed by atoms with E-state index in [0.29, 0.717) is 16.1 Å². The zero-order valence-corrected chi connectivity index (χ0v) is 8.43. The van der Waals surface area contributed by atoms with Crippen molar-refractivity contribution in [3.8, 4) is 0 Å². The minimum absolute atomic E-state index is 0.385. The van der Waals surface area contributed by atoms with Crippen molar-refractivity contribution in [2.45, 2.75) is 0 Å². The fourth-order valence-corrected chi connectivity index (χ4v) is 1.12. The van der Waals surface area contributed by atoms with Crippen LogP contribution in [-0.4, -0.2) is 18.1 Å². The lowest BCUT2D eigenvalue weighted by Gasteiger charge is -2.04. The van der Waals surface area contributed by atoms with Gasteiger partial charge in [0.15, 0.2) is 0 Å². The first-order valence-electron chi connectivity index (χ1n) is 3.88. The number of carbonyl (C=O) groups excluding carboxylic acids is 1. The molecule has 4 nitrogen and oxygen atoms in total. The molecule has 0 aliphatic heterocycles. The Morgan fingerprint density at radius 3 is 2.71 bits per heavy atom. The van der Waals surface area contributed by atoms with Crippen molar-refractivity contribution >= 4 is 23.2 Å². The third-order valence-corrected chi connectivity index (χ3v) is 2.03. The number of rotatable bonds is 2. The normalized spacial score (nSPS) is 9.29. The average Bonchev–Trinajstić information content (AvgIpc) is 2.27. The Morgan fingerprint density at radius 2 is 2.14 bits per heavy atom. The summed E-state index contributed by atoms with van der Waals surface area (Å²) in [6.07, 6.45) is 0. The summed E-state index contributed by atoms with van der Waals surface area (Å²) in [7, 11) is 1.33. The molecular formula is C9H10N2O2S. The molecule has 1 rings (SSSR count). The maximum absolute atomic E-state index is 11.2. The van der Waals surface area contributed by atoms with E-state index >= 15 is 0 Å². The van der Waals surface area contributed by atoms with E-state index in [1.54, 1.807) is 24.3 Å². The zero-order chi connectivity index (χ0) is 10.6. The maximum atomic E-state index is 11.2. The van der Waals surface area contributed by atoms with Gasteiger partial charge in [0.2, 0.25) is 0 Å². The largest absolute Gasteiger partial charge is 0.465 e. The summed E-state index contributed by atoms with van der Waals surface area (Å²) in [5.74, 6) is 4.76. The van der Waals surface area contributed by atoms with Gasteiger partial charge in [-0.05, 0) is 12.1 Å². The molecule has 74 valence electrons. The first-order valence-corrected chi connectivity index (χ1v) is 4.29. The van der Waals surface area contributed by atoms with Crippen LogP contribution in [0, 0.1) is 0 Å². The summed E-state index contributed by atoms with van der Waals surface area (Å²) < 4.78 is 4.57. The summed E-state index contributed by atoms with van der Waals surface area (Å²) in [5, 5.41) is 0. The van der Waals surface area contributed by atoms with Crippen LogP contribution >= 0.6 is 12.2 Å². The standard InChI is InChI=1S/C9H10N2O2S/c1-13-9(12)7-4-2-3-6(5-7)8(14)11-10/h2-5H,10H2,1H3,(H,11,14). The number of esters is 1. The molecule has 0 fully saturated rings. The SMILES string of the molecule is COC(=O)c1cccc(C(=S)NN)c1. The highest BCUT2D eigenvalue weighted by Gasteiger charge is 2.06. The average molecular weight is 210 g/mol. The van der Waals surface area contributed by atoms with Crippen molar-refractivity contribution in [3.05, 3.63) is 35.4 Å². The monoisotopic (exact) mass is 210 g/mol. The summed E-state index contributed by atoms with van der Waals surface area (Å²) >= 11 is 4.92. The second-order valence-electron chi connectivity index (χ2n) is 2.55. The van der Waals surface area contributed by atoms with Gasteiger partial charge in [0.1, 0.15) is 4.99 Å². The highest BCUT2D eigenvalue weighted by atomic mass is 32.1. The lowest BCUT2D eigenvalue weighted by Crippen LogP contribution is -2.29. The molecule has 0 aromatic heterocycles. The second-order valence-corrected chi connectivity index (χ2v) is 2.95. The Labute approximate surface area is 87.0 Å². The summed E-state index contributed by atoms with van der Waals surface area (Å²) in [5.41, 5.74) is 3.48. The molecule has 14 heavy (non-hydrogen) atoms. The van der Waals surface area contributed by atoms with Gasteiger partial charge in [-0.2, -0.15) is 0 Å². The molecule has 1 aromatic carbocycles. The number of methoxy groups -OCH3 is 1. The molecule has 0 saturated carbocycles. The van der Waals surface area contributed by atoms with Gasteiger partial charge in [0.25, 0.3) is 0 Å². The molecule has 0 spiro atoms. The number of nitrogens with one attached hydrogen (secondary N) is 1. The quantitative estimate of drug-likeness (QED) is 0.324. The number of hydrazine groups is 1. The third kappa shape index (κ3) is 2.27. The topological polar surface area (TPSA) is 64.3 Å². The maximum Gasteiger partial charge on any atom is 0.337 e. The zero-order valence-electron chi connectivity index (χ0n) is 7.61. The molecule has 0 aliphatic rings. The van der Waals surface area contributed by atoms with Crippen LogP contribution in [0.5, 0.6) is 0 Å². The van der Waals surface area contributed by atoms with E-state index in [0.717, 1.165) is 0 Å². The molecule has 0 unspecified atom stereocenters. The molecule has 0 aliphatic carbocycles. The van der Waals surface area contributed by atoms with Gasteiger partial charge in [-0.15, -0.1) is 0 Å². The predicted molar refractivity (Wildman–Crippen MR) is 56.8 cm³/mol. The number of carbonyl (C=O) groups is 1. The summed E-state index contributed by atoms with van der Waals surface area (Å²) in [4.78, 5) is 11.5. The van der Waals surface area contributed by atoms with E-state index in [1.807, 2.05) is 0 Å². The first kappa shape index (κ1) is 10.6. The van der Waals surface area contributed by atoms with Crippen LogP contribution in [0.2, 0.25) is 0 Å². The van der Waals surface area contributed by atoms with Crippen molar-refractivity contribution in [1.29, 1.82) is 0 Å². The van der Waals surface area contributed by atoms with Crippen molar-refractivity contribution in [1.82, 2.24) is 5.43 Å². The minimum Gasteiger partial charge on any atom is -0.465 e. The van der Waals surface area contributed by atoms with Crippen LogP contribution in [0.3, 0.4) is 0 Å². The van der Waals surface area contributed by atoms with Crippen LogP contribution in [-0.2, 0) is 4.74 Å². The number of benzene rings is 1. The van der Waals surface area contributed by atoms with Gasteiger partial charge in [-0.3, -0.25) is 0 Å². The lowest BCUT2D eigenvalue weighted by molar-refractivity contribution is 0.0600. The van der Waals surface area contributed by atoms with Gasteiger partial charge in [-0.1, -0.05) is 24.4 Å². The number of hydrogen-bond acceptors (Lipinski definition) is 4.